The molecule has 0 saturated carbocycles. The lowest BCUT2D eigenvalue weighted by atomic mass is 9.83. The zero-order valence-electron chi connectivity index (χ0n) is 15.2. The monoisotopic (exact) mass is 296 g/mol. The van der Waals surface area contributed by atoms with Crippen LogP contribution >= 0.6 is 0 Å². The minimum absolute atomic E-state index is 0.346. The van der Waals surface area contributed by atoms with E-state index in [0.29, 0.717) is 11.6 Å². The molecule has 2 unspecified atom stereocenters. The molecule has 0 aromatic carbocycles. The highest BCUT2D eigenvalue weighted by Crippen LogP contribution is 2.29. The fraction of sp³-hybridized carbons (Fsp3) is 1.00. The van der Waals surface area contributed by atoms with Gasteiger partial charge in [-0.2, -0.15) is 0 Å². The fourth-order valence-corrected chi connectivity index (χ4v) is 3.99. The van der Waals surface area contributed by atoms with E-state index in [1.165, 1.54) is 83.7 Å². The quantitative estimate of drug-likeness (QED) is 0.541. The van der Waals surface area contributed by atoms with Gasteiger partial charge in [0.2, 0.25) is 0 Å². The van der Waals surface area contributed by atoms with Crippen LogP contribution in [0.25, 0.3) is 0 Å². The van der Waals surface area contributed by atoms with Crippen LogP contribution in [0, 0.1) is 0 Å². The van der Waals surface area contributed by atoms with Crippen molar-refractivity contribution in [2.75, 3.05) is 20.1 Å². The van der Waals surface area contributed by atoms with E-state index in [4.69, 9.17) is 0 Å². The number of likely N-dealkylation sites (tertiary alicyclic amines) is 1. The Morgan fingerprint density at radius 1 is 0.952 bits per heavy atom. The first-order valence-electron chi connectivity index (χ1n) is 9.61. The molecule has 0 bridgehead atoms. The van der Waals surface area contributed by atoms with E-state index < -0.39 is 0 Å². The Morgan fingerprint density at radius 3 is 2.14 bits per heavy atom. The Labute approximate surface area is 134 Å². The van der Waals surface area contributed by atoms with Gasteiger partial charge in [-0.1, -0.05) is 58.8 Å². The lowest BCUT2D eigenvalue weighted by Crippen LogP contribution is -2.59. The van der Waals surface area contributed by atoms with Gasteiger partial charge in [-0.15, -0.1) is 0 Å². The summed E-state index contributed by atoms with van der Waals surface area (Å²) in [6.07, 6.45) is 15.2. The van der Waals surface area contributed by atoms with Gasteiger partial charge in [0, 0.05) is 11.6 Å². The molecule has 1 N–H and O–H groups in total. The fourth-order valence-electron chi connectivity index (χ4n) is 3.99. The minimum atomic E-state index is 0.346. The van der Waals surface area contributed by atoms with Crippen LogP contribution < -0.4 is 5.32 Å². The number of likely N-dealkylation sites (N-methyl/N-ethyl adjacent to an activating group) is 1. The molecule has 1 rings (SSSR count). The van der Waals surface area contributed by atoms with E-state index in [-0.39, 0.29) is 0 Å². The van der Waals surface area contributed by atoms with Gasteiger partial charge in [0.05, 0.1) is 0 Å². The van der Waals surface area contributed by atoms with E-state index >= 15 is 0 Å². The largest absolute Gasteiger partial charge is 0.315 e. The van der Waals surface area contributed by atoms with Gasteiger partial charge in [0.15, 0.2) is 0 Å². The zero-order chi connectivity index (χ0) is 15.6. The van der Waals surface area contributed by atoms with Crippen molar-refractivity contribution in [2.45, 2.75) is 103 Å². The standard InChI is InChI=1S/C19H40N2/c1-5-7-8-9-10-12-15-18(20-4)19(3,6-2)21-16-13-11-14-17-21/h18,20H,5-17H2,1-4H3. The molecule has 0 amide bonds. The molecular weight excluding hydrogens is 256 g/mol. The summed E-state index contributed by atoms with van der Waals surface area (Å²) < 4.78 is 0. The summed E-state index contributed by atoms with van der Waals surface area (Å²) in [7, 11) is 2.17. The Balaban J connectivity index is 2.42. The SMILES string of the molecule is CCCCCCCCC(NC)C(C)(CC)N1CCCCC1. The van der Waals surface area contributed by atoms with Crippen LogP contribution in [-0.2, 0) is 0 Å². The van der Waals surface area contributed by atoms with E-state index in [2.05, 4.69) is 38.0 Å². The predicted octanol–water partition coefficient (Wildman–Crippen LogP) is 4.98. The second kappa shape index (κ2) is 10.6. The molecule has 0 aromatic heterocycles. The summed E-state index contributed by atoms with van der Waals surface area (Å²) >= 11 is 0. The Bertz CT molecular complexity index is 248. The molecule has 1 aliphatic rings. The van der Waals surface area contributed by atoms with Crippen LogP contribution in [0.1, 0.15) is 91.4 Å². The summed E-state index contributed by atoms with van der Waals surface area (Å²) in [5.41, 5.74) is 0.346. The maximum atomic E-state index is 3.65. The minimum Gasteiger partial charge on any atom is -0.315 e. The maximum absolute atomic E-state index is 3.65. The molecule has 0 aromatic rings. The molecule has 126 valence electrons. The normalized spacial score (nSPS) is 21.1. The van der Waals surface area contributed by atoms with Gasteiger partial charge in [0.25, 0.3) is 0 Å². The second-order valence-electron chi connectivity index (χ2n) is 7.16. The first-order chi connectivity index (χ1) is 10.2. The maximum Gasteiger partial charge on any atom is 0.0331 e. The average Bonchev–Trinajstić information content (AvgIpc) is 2.54. The topological polar surface area (TPSA) is 15.3 Å². The molecule has 2 heteroatoms. The molecule has 1 saturated heterocycles. The molecular formula is C19H40N2. The van der Waals surface area contributed by atoms with Crippen molar-refractivity contribution >= 4 is 0 Å². The molecule has 1 aliphatic heterocycles. The number of nitrogens with zero attached hydrogens (tertiary/aromatic N) is 1. The second-order valence-corrected chi connectivity index (χ2v) is 7.16. The van der Waals surface area contributed by atoms with Crippen LogP contribution in [0.3, 0.4) is 0 Å². The van der Waals surface area contributed by atoms with Crippen molar-refractivity contribution in [3.63, 3.8) is 0 Å². The molecule has 0 radical (unpaired) electrons. The van der Waals surface area contributed by atoms with E-state index in [9.17, 15) is 0 Å². The van der Waals surface area contributed by atoms with Crippen molar-refractivity contribution in [1.82, 2.24) is 10.2 Å². The van der Waals surface area contributed by atoms with Crippen molar-refractivity contribution in [3.05, 3.63) is 0 Å². The molecule has 2 atom stereocenters. The average molecular weight is 297 g/mol. The van der Waals surface area contributed by atoms with E-state index in [1.807, 2.05) is 0 Å². The first-order valence-corrected chi connectivity index (χ1v) is 9.61. The highest BCUT2D eigenvalue weighted by atomic mass is 15.2. The number of piperidine rings is 1. The summed E-state index contributed by atoms with van der Waals surface area (Å²) in [4.78, 5) is 2.77. The Hall–Kier alpha value is -0.0800. The van der Waals surface area contributed by atoms with Crippen LogP contribution in [0.15, 0.2) is 0 Å². The lowest BCUT2D eigenvalue weighted by molar-refractivity contribution is 0.0418. The van der Waals surface area contributed by atoms with E-state index in [1.54, 1.807) is 0 Å². The number of unbranched alkanes of at least 4 members (excludes halogenated alkanes) is 5. The third-order valence-corrected chi connectivity index (χ3v) is 5.74. The highest BCUT2D eigenvalue weighted by molar-refractivity contribution is 4.96. The molecule has 1 fully saturated rings. The molecule has 21 heavy (non-hydrogen) atoms. The highest BCUT2D eigenvalue weighted by Gasteiger charge is 2.37. The number of hydrogen-bond donors (Lipinski definition) is 1. The summed E-state index contributed by atoms with van der Waals surface area (Å²) in [5.74, 6) is 0. The van der Waals surface area contributed by atoms with Gasteiger partial charge >= 0.3 is 0 Å². The predicted molar refractivity (Wildman–Crippen MR) is 95.0 cm³/mol. The van der Waals surface area contributed by atoms with Crippen LogP contribution in [-0.4, -0.2) is 36.6 Å². The zero-order valence-corrected chi connectivity index (χ0v) is 15.2. The van der Waals surface area contributed by atoms with E-state index in [0.717, 1.165) is 0 Å². The van der Waals surface area contributed by atoms with Crippen molar-refractivity contribution in [2.24, 2.45) is 0 Å². The third kappa shape index (κ3) is 5.90. The third-order valence-electron chi connectivity index (χ3n) is 5.74. The van der Waals surface area contributed by atoms with Crippen LogP contribution in [0.4, 0.5) is 0 Å². The summed E-state index contributed by atoms with van der Waals surface area (Å²) in [6.45, 7) is 9.77. The number of hydrogen-bond acceptors (Lipinski definition) is 2. The van der Waals surface area contributed by atoms with Crippen molar-refractivity contribution in [1.29, 1.82) is 0 Å². The van der Waals surface area contributed by atoms with Crippen LogP contribution in [0.5, 0.6) is 0 Å². The van der Waals surface area contributed by atoms with Gasteiger partial charge in [-0.05, 0) is 52.7 Å². The molecule has 1 heterocycles. The van der Waals surface area contributed by atoms with Gasteiger partial charge in [-0.25, -0.2) is 0 Å². The van der Waals surface area contributed by atoms with Gasteiger partial charge < -0.3 is 5.32 Å². The Morgan fingerprint density at radius 2 is 1.57 bits per heavy atom. The summed E-state index contributed by atoms with van der Waals surface area (Å²) in [6, 6.07) is 0.645. The van der Waals surface area contributed by atoms with Crippen molar-refractivity contribution in [3.8, 4) is 0 Å². The van der Waals surface area contributed by atoms with Gasteiger partial charge in [0.1, 0.15) is 0 Å². The molecule has 2 nitrogen and oxygen atoms in total. The summed E-state index contributed by atoms with van der Waals surface area (Å²) in [5, 5.41) is 3.65. The smallest absolute Gasteiger partial charge is 0.0331 e. The van der Waals surface area contributed by atoms with Crippen molar-refractivity contribution < 1.29 is 0 Å². The lowest BCUT2D eigenvalue weighted by Gasteiger charge is -2.48. The number of rotatable bonds is 11. The van der Waals surface area contributed by atoms with Gasteiger partial charge in [-0.3, -0.25) is 4.90 Å². The Kier molecular flexibility index (Phi) is 9.59. The van der Waals surface area contributed by atoms with Crippen LogP contribution in [0.2, 0.25) is 0 Å². The molecule has 0 spiro atoms. The molecule has 0 aliphatic carbocycles. The first kappa shape index (κ1) is 19.0. The number of nitrogens with one attached hydrogen (secondary N) is 1.